The molecule has 0 N–H and O–H groups in total. The average molecular weight is 332 g/mol. The molecule has 0 unspecified atom stereocenters. The summed E-state index contributed by atoms with van der Waals surface area (Å²) in [6.45, 7) is 6.27. The molecule has 0 saturated carbocycles. The molecule has 0 amide bonds. The van der Waals surface area contributed by atoms with Crippen molar-refractivity contribution in [1.82, 2.24) is 4.98 Å². The Morgan fingerprint density at radius 3 is 2.39 bits per heavy atom. The fourth-order valence-corrected chi connectivity index (χ4v) is 4.19. The maximum atomic E-state index is 12.8. The molecule has 5 heteroatoms. The van der Waals surface area contributed by atoms with Gasteiger partial charge in [-0.05, 0) is 55.2 Å². The first-order valence-corrected chi connectivity index (χ1v) is 9.51. The Balaban J connectivity index is 2.42. The summed E-state index contributed by atoms with van der Waals surface area (Å²) < 4.78 is 27.2. The number of aromatic nitrogens is 1. The predicted octanol–water partition coefficient (Wildman–Crippen LogP) is 3.83. The highest BCUT2D eigenvalue weighted by Crippen LogP contribution is 2.24. The van der Waals surface area contributed by atoms with Gasteiger partial charge in [0.15, 0.2) is 0 Å². The smallest absolute Gasteiger partial charge is 0.235 e. The number of unbranched alkanes of at least 4 members (excludes halogenated alkanes) is 1. The molecule has 0 atom stereocenters. The van der Waals surface area contributed by atoms with E-state index < -0.39 is 10.0 Å². The number of pyridine rings is 1. The molecule has 0 aliphatic rings. The number of hydrogen-bond acceptors (Lipinski definition) is 3. The van der Waals surface area contributed by atoms with E-state index in [2.05, 4.69) is 4.98 Å². The van der Waals surface area contributed by atoms with Crippen molar-refractivity contribution in [2.24, 2.45) is 0 Å². The predicted molar refractivity (Wildman–Crippen MR) is 95.0 cm³/mol. The van der Waals surface area contributed by atoms with Gasteiger partial charge in [-0.1, -0.05) is 25.5 Å². The topological polar surface area (TPSA) is 50.3 Å². The summed E-state index contributed by atoms with van der Waals surface area (Å²) in [7, 11) is -3.36. The van der Waals surface area contributed by atoms with Crippen molar-refractivity contribution in [2.75, 3.05) is 10.1 Å². The van der Waals surface area contributed by atoms with Crippen LogP contribution in [0.3, 0.4) is 0 Å². The first-order valence-electron chi connectivity index (χ1n) is 7.90. The molecule has 0 bridgehead atoms. The number of benzene rings is 1. The summed E-state index contributed by atoms with van der Waals surface area (Å²) in [5.74, 6) is 0.163. The van der Waals surface area contributed by atoms with Crippen LogP contribution in [0.2, 0.25) is 0 Å². The highest BCUT2D eigenvalue weighted by Gasteiger charge is 2.22. The van der Waals surface area contributed by atoms with Crippen molar-refractivity contribution < 1.29 is 8.42 Å². The third kappa shape index (κ3) is 4.79. The third-order valence-electron chi connectivity index (χ3n) is 3.64. The molecule has 4 nitrogen and oxygen atoms in total. The Morgan fingerprint density at radius 2 is 1.83 bits per heavy atom. The Morgan fingerprint density at radius 1 is 1.13 bits per heavy atom. The fourth-order valence-electron chi connectivity index (χ4n) is 2.54. The number of aryl methyl sites for hydroxylation is 2. The van der Waals surface area contributed by atoms with Gasteiger partial charge < -0.3 is 0 Å². The normalized spacial score (nSPS) is 11.4. The summed E-state index contributed by atoms with van der Waals surface area (Å²) in [6.07, 6.45) is 4.92. The van der Waals surface area contributed by atoms with Crippen molar-refractivity contribution in [3.05, 3.63) is 59.4 Å². The van der Waals surface area contributed by atoms with Crippen LogP contribution in [-0.2, 0) is 16.6 Å². The van der Waals surface area contributed by atoms with Gasteiger partial charge in [-0.25, -0.2) is 8.42 Å². The molecule has 1 aromatic heterocycles. The maximum Gasteiger partial charge on any atom is 0.235 e. The molecule has 0 fully saturated rings. The van der Waals surface area contributed by atoms with Gasteiger partial charge in [0.25, 0.3) is 0 Å². The summed E-state index contributed by atoms with van der Waals surface area (Å²) >= 11 is 0. The zero-order valence-corrected chi connectivity index (χ0v) is 14.8. The van der Waals surface area contributed by atoms with Gasteiger partial charge in [-0.15, -0.1) is 0 Å². The molecule has 2 aromatic rings. The van der Waals surface area contributed by atoms with E-state index in [9.17, 15) is 8.42 Å². The fraction of sp³-hybridized carbons (Fsp3) is 0.389. The first-order chi connectivity index (χ1) is 10.9. The maximum absolute atomic E-state index is 12.8. The molecule has 0 aliphatic carbocycles. The molecule has 0 aliphatic heterocycles. The summed E-state index contributed by atoms with van der Waals surface area (Å²) in [5.41, 5.74) is 3.72. The highest BCUT2D eigenvalue weighted by molar-refractivity contribution is 7.92. The number of anilines is 1. The largest absolute Gasteiger partial charge is 0.266 e. The van der Waals surface area contributed by atoms with Crippen LogP contribution in [0.25, 0.3) is 0 Å². The van der Waals surface area contributed by atoms with E-state index in [0.717, 1.165) is 28.8 Å². The molecular formula is C18H24N2O2S. The van der Waals surface area contributed by atoms with Crippen LogP contribution >= 0.6 is 0 Å². The van der Waals surface area contributed by atoms with Crippen LogP contribution < -0.4 is 4.31 Å². The Hall–Kier alpha value is -1.88. The van der Waals surface area contributed by atoms with E-state index in [1.54, 1.807) is 12.4 Å². The van der Waals surface area contributed by atoms with Gasteiger partial charge in [0.05, 0.1) is 18.0 Å². The number of nitrogens with zero attached hydrogens (tertiary/aromatic N) is 2. The van der Waals surface area contributed by atoms with Crippen LogP contribution in [0.4, 0.5) is 5.69 Å². The zero-order valence-electron chi connectivity index (χ0n) is 14.0. The van der Waals surface area contributed by atoms with Crippen LogP contribution in [0.1, 0.15) is 36.5 Å². The lowest BCUT2D eigenvalue weighted by molar-refractivity contribution is 0.587. The molecule has 0 radical (unpaired) electrons. The molecule has 23 heavy (non-hydrogen) atoms. The lowest BCUT2D eigenvalue weighted by Crippen LogP contribution is -2.32. The van der Waals surface area contributed by atoms with Crippen LogP contribution in [0.5, 0.6) is 0 Å². The summed E-state index contributed by atoms with van der Waals surface area (Å²) in [5, 5.41) is 0. The van der Waals surface area contributed by atoms with Gasteiger partial charge in [0.1, 0.15) is 0 Å². The Kier molecular flexibility index (Phi) is 5.77. The van der Waals surface area contributed by atoms with E-state index in [4.69, 9.17) is 0 Å². The van der Waals surface area contributed by atoms with Crippen molar-refractivity contribution in [3.63, 3.8) is 0 Å². The SMILES string of the molecule is CCCCS(=O)(=O)N(Cc1cccnc1)c1cc(C)cc(C)c1. The van der Waals surface area contributed by atoms with Crippen LogP contribution in [-0.4, -0.2) is 19.2 Å². The van der Waals surface area contributed by atoms with E-state index >= 15 is 0 Å². The summed E-state index contributed by atoms with van der Waals surface area (Å²) in [6, 6.07) is 9.62. The Bertz CT molecular complexity index is 723. The van der Waals surface area contributed by atoms with Gasteiger partial charge in [-0.3, -0.25) is 9.29 Å². The summed E-state index contributed by atoms with van der Waals surface area (Å²) in [4.78, 5) is 4.09. The minimum Gasteiger partial charge on any atom is -0.266 e. The van der Waals surface area contributed by atoms with Crippen LogP contribution in [0.15, 0.2) is 42.7 Å². The van der Waals surface area contributed by atoms with E-state index in [1.165, 1.54) is 4.31 Å². The van der Waals surface area contributed by atoms with Gasteiger partial charge in [0.2, 0.25) is 10.0 Å². The second kappa shape index (κ2) is 7.59. The van der Waals surface area contributed by atoms with Crippen molar-refractivity contribution in [2.45, 2.75) is 40.2 Å². The molecule has 1 aromatic carbocycles. The minimum absolute atomic E-state index is 0.163. The number of rotatable bonds is 7. The lowest BCUT2D eigenvalue weighted by Gasteiger charge is -2.25. The number of hydrogen-bond donors (Lipinski definition) is 0. The monoisotopic (exact) mass is 332 g/mol. The molecule has 124 valence electrons. The Labute approximate surface area is 139 Å². The highest BCUT2D eigenvalue weighted by atomic mass is 32.2. The zero-order chi connectivity index (χ0) is 16.9. The quantitative estimate of drug-likeness (QED) is 0.774. The molecule has 0 spiro atoms. The van der Waals surface area contributed by atoms with Crippen molar-refractivity contribution in [1.29, 1.82) is 0 Å². The third-order valence-corrected chi connectivity index (χ3v) is 5.45. The second-order valence-corrected chi connectivity index (χ2v) is 7.90. The van der Waals surface area contributed by atoms with Gasteiger partial charge >= 0.3 is 0 Å². The van der Waals surface area contributed by atoms with E-state index in [-0.39, 0.29) is 5.75 Å². The van der Waals surface area contributed by atoms with Crippen molar-refractivity contribution >= 4 is 15.7 Å². The molecule has 0 saturated heterocycles. The van der Waals surface area contributed by atoms with Gasteiger partial charge in [0, 0.05) is 12.4 Å². The molecular weight excluding hydrogens is 308 g/mol. The van der Waals surface area contributed by atoms with Crippen LogP contribution in [0, 0.1) is 13.8 Å². The van der Waals surface area contributed by atoms with E-state index in [0.29, 0.717) is 13.0 Å². The molecule has 1 heterocycles. The second-order valence-electron chi connectivity index (χ2n) is 5.88. The van der Waals surface area contributed by atoms with E-state index in [1.807, 2.05) is 51.1 Å². The molecule has 2 rings (SSSR count). The van der Waals surface area contributed by atoms with Crippen molar-refractivity contribution in [3.8, 4) is 0 Å². The standard InChI is InChI=1S/C18H24N2O2S/c1-4-5-9-23(21,22)20(14-17-7-6-8-19-13-17)18-11-15(2)10-16(3)12-18/h6-8,10-13H,4-5,9,14H2,1-3H3. The first kappa shape index (κ1) is 17.5. The average Bonchev–Trinajstić information content (AvgIpc) is 2.50. The lowest BCUT2D eigenvalue weighted by atomic mass is 10.1. The number of sulfonamides is 1. The van der Waals surface area contributed by atoms with Gasteiger partial charge in [-0.2, -0.15) is 0 Å². The minimum atomic E-state index is -3.36.